The van der Waals surface area contributed by atoms with Crippen molar-refractivity contribution in [2.24, 2.45) is 5.92 Å². The number of carbonyl (C=O) groups is 2. The quantitative estimate of drug-likeness (QED) is 0.751. The molecule has 0 N–H and O–H groups in total. The molecule has 0 aliphatic rings. The van der Waals surface area contributed by atoms with Gasteiger partial charge in [0.1, 0.15) is 11.2 Å². The molecule has 4 nitrogen and oxygen atoms in total. The fraction of sp³-hybridized carbons (Fsp3) is 0.579. The first-order valence-corrected chi connectivity index (χ1v) is 8.03. The highest BCUT2D eigenvalue weighted by Crippen LogP contribution is 2.27. The van der Waals surface area contributed by atoms with Crippen molar-refractivity contribution < 1.29 is 19.1 Å². The molecular weight excluding hydrogens is 292 g/mol. The third-order valence-corrected chi connectivity index (χ3v) is 3.59. The molecule has 0 aromatic heterocycles. The SMILES string of the molecule is CCC(C)C(=O)OC(C)(C)c1ccc(C(=O)OC(C)(C)C)cc1. The second-order valence-electron chi connectivity index (χ2n) is 7.32. The van der Waals surface area contributed by atoms with Crippen LogP contribution in [0.1, 0.15) is 70.8 Å². The van der Waals surface area contributed by atoms with Gasteiger partial charge in [-0.15, -0.1) is 0 Å². The Balaban J connectivity index is 2.86. The highest BCUT2D eigenvalue weighted by molar-refractivity contribution is 5.89. The first kappa shape index (κ1) is 19.2. The van der Waals surface area contributed by atoms with Crippen LogP contribution in [0.15, 0.2) is 24.3 Å². The molecule has 128 valence electrons. The summed E-state index contributed by atoms with van der Waals surface area (Å²) in [5, 5.41) is 0. The number of ether oxygens (including phenoxy) is 2. The van der Waals surface area contributed by atoms with E-state index >= 15 is 0 Å². The van der Waals surface area contributed by atoms with Crippen molar-refractivity contribution >= 4 is 11.9 Å². The molecule has 0 aliphatic heterocycles. The molecule has 0 fully saturated rings. The number of carbonyl (C=O) groups excluding carboxylic acids is 2. The summed E-state index contributed by atoms with van der Waals surface area (Å²) in [6.45, 7) is 13.0. The van der Waals surface area contributed by atoms with Crippen LogP contribution >= 0.6 is 0 Å². The molecule has 1 aromatic carbocycles. The Morgan fingerprint density at radius 1 is 1.00 bits per heavy atom. The highest BCUT2D eigenvalue weighted by atomic mass is 16.6. The van der Waals surface area contributed by atoms with E-state index in [9.17, 15) is 9.59 Å². The maximum Gasteiger partial charge on any atom is 0.338 e. The van der Waals surface area contributed by atoms with Crippen molar-refractivity contribution in [2.75, 3.05) is 0 Å². The van der Waals surface area contributed by atoms with Crippen molar-refractivity contribution in [3.05, 3.63) is 35.4 Å². The molecule has 0 saturated carbocycles. The number of esters is 2. The molecule has 1 rings (SSSR count). The standard InChI is InChI=1S/C19H28O4/c1-8-13(2)16(20)23-19(6,7)15-11-9-14(10-12-15)17(21)22-18(3,4)5/h9-13H,8H2,1-7H3. The van der Waals surface area contributed by atoms with Crippen molar-refractivity contribution in [3.63, 3.8) is 0 Å². The minimum atomic E-state index is -0.743. The van der Waals surface area contributed by atoms with Gasteiger partial charge in [-0.1, -0.05) is 26.0 Å². The summed E-state index contributed by atoms with van der Waals surface area (Å²) in [6, 6.07) is 6.98. The first-order valence-electron chi connectivity index (χ1n) is 8.03. The lowest BCUT2D eigenvalue weighted by molar-refractivity contribution is -0.162. The molecule has 0 heterocycles. The zero-order valence-electron chi connectivity index (χ0n) is 15.2. The van der Waals surface area contributed by atoms with Gasteiger partial charge in [0.2, 0.25) is 0 Å². The third kappa shape index (κ3) is 5.70. The molecule has 1 atom stereocenters. The average Bonchev–Trinajstić information content (AvgIpc) is 2.44. The Bertz CT molecular complexity index is 550. The number of rotatable bonds is 5. The lowest BCUT2D eigenvalue weighted by atomic mass is 9.96. The minimum Gasteiger partial charge on any atom is -0.456 e. The van der Waals surface area contributed by atoms with E-state index in [1.807, 2.05) is 48.5 Å². The Hall–Kier alpha value is -1.84. The molecule has 1 unspecified atom stereocenters. The second kappa shape index (κ2) is 7.16. The van der Waals surface area contributed by atoms with Crippen LogP contribution in [-0.4, -0.2) is 17.5 Å². The van der Waals surface area contributed by atoms with E-state index in [4.69, 9.17) is 9.47 Å². The summed E-state index contributed by atoms with van der Waals surface area (Å²) in [7, 11) is 0. The second-order valence-corrected chi connectivity index (χ2v) is 7.32. The average molecular weight is 320 g/mol. The summed E-state index contributed by atoms with van der Waals surface area (Å²) < 4.78 is 10.9. The van der Waals surface area contributed by atoms with E-state index in [1.54, 1.807) is 24.3 Å². The number of hydrogen-bond donors (Lipinski definition) is 0. The summed E-state index contributed by atoms with van der Waals surface area (Å²) in [5.74, 6) is -0.706. The predicted octanol–water partition coefficient (Wildman–Crippen LogP) is 4.47. The Morgan fingerprint density at radius 2 is 1.52 bits per heavy atom. The molecule has 0 aliphatic carbocycles. The van der Waals surface area contributed by atoms with Gasteiger partial charge in [-0.2, -0.15) is 0 Å². The molecule has 0 saturated heterocycles. The number of benzene rings is 1. The predicted molar refractivity (Wildman–Crippen MR) is 90.2 cm³/mol. The van der Waals surface area contributed by atoms with Gasteiger partial charge in [-0.25, -0.2) is 4.79 Å². The molecule has 0 amide bonds. The summed E-state index contributed by atoms with van der Waals surface area (Å²) in [5.41, 5.74) is 0.0440. The van der Waals surface area contributed by atoms with Crippen molar-refractivity contribution in [1.82, 2.24) is 0 Å². The molecule has 1 aromatic rings. The van der Waals surface area contributed by atoms with Gasteiger partial charge in [0, 0.05) is 0 Å². The molecule has 23 heavy (non-hydrogen) atoms. The van der Waals surface area contributed by atoms with Gasteiger partial charge in [-0.3, -0.25) is 4.79 Å². The Labute approximate surface area is 139 Å². The Kier molecular flexibility index (Phi) is 5.98. The van der Waals surface area contributed by atoms with Crippen LogP contribution in [0.25, 0.3) is 0 Å². The molecule has 0 spiro atoms. The summed E-state index contributed by atoms with van der Waals surface area (Å²) >= 11 is 0. The van der Waals surface area contributed by atoms with Crippen LogP contribution in [-0.2, 0) is 19.9 Å². The fourth-order valence-corrected chi connectivity index (χ4v) is 1.92. The van der Waals surface area contributed by atoms with E-state index in [1.165, 1.54) is 0 Å². The Morgan fingerprint density at radius 3 is 1.96 bits per heavy atom. The largest absolute Gasteiger partial charge is 0.456 e. The van der Waals surface area contributed by atoms with Crippen molar-refractivity contribution in [1.29, 1.82) is 0 Å². The van der Waals surface area contributed by atoms with Gasteiger partial charge in [-0.05, 0) is 58.7 Å². The lowest BCUT2D eigenvalue weighted by Crippen LogP contribution is -2.28. The third-order valence-electron chi connectivity index (χ3n) is 3.59. The highest BCUT2D eigenvalue weighted by Gasteiger charge is 2.28. The van der Waals surface area contributed by atoms with Crippen LogP contribution in [0.5, 0.6) is 0 Å². The van der Waals surface area contributed by atoms with Gasteiger partial charge in [0.15, 0.2) is 0 Å². The topological polar surface area (TPSA) is 52.6 Å². The lowest BCUT2D eigenvalue weighted by Gasteiger charge is -2.27. The van der Waals surface area contributed by atoms with Crippen molar-refractivity contribution in [2.45, 2.75) is 66.1 Å². The van der Waals surface area contributed by atoms with Gasteiger partial charge >= 0.3 is 11.9 Å². The molecule has 0 radical (unpaired) electrons. The van der Waals surface area contributed by atoms with Crippen LogP contribution in [0, 0.1) is 5.92 Å². The van der Waals surface area contributed by atoms with Crippen LogP contribution in [0.3, 0.4) is 0 Å². The maximum atomic E-state index is 12.0. The maximum absolute atomic E-state index is 12.0. The molecule has 0 bridgehead atoms. The minimum absolute atomic E-state index is 0.129. The summed E-state index contributed by atoms with van der Waals surface area (Å²) in [4.78, 5) is 24.0. The van der Waals surface area contributed by atoms with Crippen molar-refractivity contribution in [3.8, 4) is 0 Å². The van der Waals surface area contributed by atoms with Gasteiger partial charge < -0.3 is 9.47 Å². The van der Waals surface area contributed by atoms with Crippen LogP contribution < -0.4 is 0 Å². The van der Waals surface area contributed by atoms with Gasteiger partial charge in [0.25, 0.3) is 0 Å². The van der Waals surface area contributed by atoms with Crippen LogP contribution in [0.2, 0.25) is 0 Å². The van der Waals surface area contributed by atoms with E-state index in [-0.39, 0.29) is 17.9 Å². The van der Waals surface area contributed by atoms with E-state index < -0.39 is 11.2 Å². The van der Waals surface area contributed by atoms with E-state index in [0.717, 1.165) is 12.0 Å². The monoisotopic (exact) mass is 320 g/mol. The van der Waals surface area contributed by atoms with Crippen LogP contribution in [0.4, 0.5) is 0 Å². The number of hydrogen-bond acceptors (Lipinski definition) is 4. The summed E-state index contributed by atoms with van der Waals surface area (Å²) in [6.07, 6.45) is 0.743. The zero-order chi connectivity index (χ0) is 17.8. The fourth-order valence-electron chi connectivity index (χ4n) is 1.92. The smallest absolute Gasteiger partial charge is 0.338 e. The first-order chi connectivity index (χ1) is 10.5. The molecular formula is C19H28O4. The van der Waals surface area contributed by atoms with E-state index in [0.29, 0.717) is 5.56 Å². The van der Waals surface area contributed by atoms with Gasteiger partial charge in [0.05, 0.1) is 11.5 Å². The van der Waals surface area contributed by atoms with E-state index in [2.05, 4.69) is 0 Å². The zero-order valence-corrected chi connectivity index (χ0v) is 15.2. The molecule has 4 heteroatoms. The normalized spacial score (nSPS) is 13.3.